The van der Waals surface area contributed by atoms with Gasteiger partial charge in [-0.2, -0.15) is 5.26 Å². The molecule has 9 heteroatoms. The molecule has 4 amide bonds. The molecular formula is C17H19ClN4O4. The van der Waals surface area contributed by atoms with Crippen molar-refractivity contribution in [3.8, 4) is 6.07 Å². The molecule has 1 unspecified atom stereocenters. The number of benzene rings is 1. The maximum absolute atomic E-state index is 12.7. The van der Waals surface area contributed by atoms with Gasteiger partial charge in [0.15, 0.2) is 0 Å². The van der Waals surface area contributed by atoms with Gasteiger partial charge in [-0.1, -0.05) is 11.6 Å². The average Bonchev–Trinajstić information content (AvgIpc) is 2.84. The van der Waals surface area contributed by atoms with E-state index in [1.54, 1.807) is 33.8 Å². The Hall–Kier alpha value is -2.79. The second-order valence-corrected chi connectivity index (χ2v) is 7.17. The van der Waals surface area contributed by atoms with E-state index in [1.165, 1.54) is 11.0 Å². The van der Waals surface area contributed by atoms with Crippen molar-refractivity contribution >= 4 is 35.3 Å². The highest BCUT2D eigenvalue weighted by Crippen LogP contribution is 2.31. The fraction of sp³-hybridized carbons (Fsp3) is 0.412. The topological polar surface area (TPSA) is 112 Å². The van der Waals surface area contributed by atoms with Crippen molar-refractivity contribution in [2.24, 2.45) is 0 Å². The third kappa shape index (κ3) is 4.24. The number of hydrogen-bond donors (Lipinski definition) is 2. The Bertz CT molecular complexity index is 810. The molecule has 2 N–H and O–H groups in total. The first-order valence-corrected chi connectivity index (χ1v) is 8.22. The summed E-state index contributed by atoms with van der Waals surface area (Å²) in [6.45, 7) is 6.65. The van der Waals surface area contributed by atoms with Crippen LogP contribution in [0.1, 0.15) is 31.9 Å². The molecule has 8 nitrogen and oxygen atoms in total. The third-order valence-corrected chi connectivity index (χ3v) is 4.09. The summed E-state index contributed by atoms with van der Waals surface area (Å²) in [7, 11) is 0. The van der Waals surface area contributed by atoms with Gasteiger partial charge in [0.25, 0.3) is 5.91 Å². The Morgan fingerprint density at radius 1 is 1.38 bits per heavy atom. The van der Waals surface area contributed by atoms with E-state index < -0.39 is 29.7 Å². The first-order valence-electron chi connectivity index (χ1n) is 7.84. The van der Waals surface area contributed by atoms with E-state index in [0.717, 1.165) is 0 Å². The molecule has 0 saturated carbocycles. The van der Waals surface area contributed by atoms with Gasteiger partial charge in [0.05, 0.1) is 22.8 Å². The van der Waals surface area contributed by atoms with E-state index in [1.807, 2.05) is 6.07 Å². The highest BCUT2D eigenvalue weighted by atomic mass is 35.5. The number of nitrogens with one attached hydrogen (secondary N) is 2. The summed E-state index contributed by atoms with van der Waals surface area (Å²) in [5, 5.41) is 13.9. The summed E-state index contributed by atoms with van der Waals surface area (Å²) < 4.78 is 5.41. The van der Waals surface area contributed by atoms with Crippen LogP contribution in [0.5, 0.6) is 0 Å². The molecular weight excluding hydrogens is 360 g/mol. The molecule has 138 valence electrons. The van der Waals surface area contributed by atoms with Crippen molar-refractivity contribution in [3.05, 3.63) is 28.3 Å². The predicted octanol–water partition coefficient (Wildman–Crippen LogP) is 2.47. The van der Waals surface area contributed by atoms with Gasteiger partial charge in [0.1, 0.15) is 17.7 Å². The molecule has 1 aliphatic rings. The molecule has 0 spiro atoms. The number of rotatable bonds is 3. The fourth-order valence-corrected chi connectivity index (χ4v) is 2.61. The summed E-state index contributed by atoms with van der Waals surface area (Å²) in [6.07, 6.45) is -0.699. The second-order valence-electron chi connectivity index (χ2n) is 6.79. The molecule has 0 bridgehead atoms. The number of ether oxygens (including phenoxy) is 1. The Morgan fingerprint density at radius 2 is 2.04 bits per heavy atom. The number of urea groups is 1. The molecule has 1 atom stereocenters. The number of anilines is 1. The van der Waals surface area contributed by atoms with E-state index in [4.69, 9.17) is 21.6 Å². The number of nitrogens with zero attached hydrogens (tertiary/aromatic N) is 2. The van der Waals surface area contributed by atoms with Crippen molar-refractivity contribution in [1.29, 1.82) is 5.26 Å². The Morgan fingerprint density at radius 3 is 2.54 bits per heavy atom. The largest absolute Gasteiger partial charge is 0.443 e. The third-order valence-electron chi connectivity index (χ3n) is 3.61. The predicted molar refractivity (Wildman–Crippen MR) is 94.9 cm³/mol. The molecule has 0 radical (unpaired) electrons. The molecule has 1 fully saturated rings. The van der Waals surface area contributed by atoms with E-state index in [0.29, 0.717) is 11.3 Å². The molecule has 1 heterocycles. The van der Waals surface area contributed by atoms with Crippen LogP contribution in [0.4, 0.5) is 15.3 Å². The van der Waals surface area contributed by atoms with Crippen LogP contribution in [0, 0.1) is 18.3 Å². The SMILES string of the molecule is Cc1c(N(CC2NC(=O)NC2=O)C(=O)OC(C)(C)C)ccc(C#N)c1Cl. The average molecular weight is 379 g/mol. The number of nitriles is 1. The summed E-state index contributed by atoms with van der Waals surface area (Å²) in [4.78, 5) is 37.1. The van der Waals surface area contributed by atoms with Gasteiger partial charge in [-0.05, 0) is 45.4 Å². The van der Waals surface area contributed by atoms with Gasteiger partial charge in [0, 0.05) is 0 Å². The number of carbonyl (C=O) groups excluding carboxylic acids is 3. The Balaban J connectivity index is 2.42. The lowest BCUT2D eigenvalue weighted by molar-refractivity contribution is -0.119. The highest BCUT2D eigenvalue weighted by molar-refractivity contribution is 6.33. The van der Waals surface area contributed by atoms with Crippen LogP contribution >= 0.6 is 11.6 Å². The van der Waals surface area contributed by atoms with Gasteiger partial charge in [-0.3, -0.25) is 15.0 Å². The van der Waals surface area contributed by atoms with E-state index in [2.05, 4.69) is 10.6 Å². The van der Waals surface area contributed by atoms with Gasteiger partial charge in [0.2, 0.25) is 0 Å². The van der Waals surface area contributed by atoms with E-state index in [9.17, 15) is 14.4 Å². The van der Waals surface area contributed by atoms with Crippen molar-refractivity contribution in [3.63, 3.8) is 0 Å². The minimum absolute atomic E-state index is 0.143. The van der Waals surface area contributed by atoms with Gasteiger partial charge in [-0.15, -0.1) is 0 Å². The zero-order valence-corrected chi connectivity index (χ0v) is 15.6. The molecule has 2 rings (SSSR count). The first-order chi connectivity index (χ1) is 12.0. The number of imide groups is 1. The van der Waals surface area contributed by atoms with Crippen LogP contribution in [-0.2, 0) is 9.53 Å². The molecule has 1 aliphatic heterocycles. The fourth-order valence-electron chi connectivity index (χ4n) is 2.41. The smallest absolute Gasteiger partial charge is 0.414 e. The summed E-state index contributed by atoms with van der Waals surface area (Å²) >= 11 is 6.20. The number of halogens is 1. The van der Waals surface area contributed by atoms with Crippen LogP contribution < -0.4 is 15.5 Å². The standard InChI is InChI=1S/C17H19ClN4O4/c1-9-12(6-5-10(7-19)13(9)18)22(16(25)26-17(2,3)4)8-11-14(23)21-15(24)20-11/h5-6,11H,8H2,1-4H3,(H2,20,21,23,24). The molecule has 26 heavy (non-hydrogen) atoms. The molecule has 1 aromatic carbocycles. The van der Waals surface area contributed by atoms with Crippen molar-refractivity contribution in [2.45, 2.75) is 39.3 Å². The van der Waals surface area contributed by atoms with Crippen LogP contribution in [0.15, 0.2) is 12.1 Å². The normalized spacial score (nSPS) is 16.5. The maximum Gasteiger partial charge on any atom is 0.414 e. The van der Waals surface area contributed by atoms with Crippen LogP contribution in [0.3, 0.4) is 0 Å². The van der Waals surface area contributed by atoms with Gasteiger partial charge in [-0.25, -0.2) is 9.59 Å². The zero-order chi connectivity index (χ0) is 19.6. The quantitative estimate of drug-likeness (QED) is 0.785. The van der Waals surface area contributed by atoms with Gasteiger partial charge >= 0.3 is 12.1 Å². The van der Waals surface area contributed by atoms with Crippen LogP contribution in [0.25, 0.3) is 0 Å². The molecule has 0 aromatic heterocycles. The maximum atomic E-state index is 12.7. The number of amides is 4. The Labute approximate surface area is 156 Å². The molecule has 1 aromatic rings. The lowest BCUT2D eigenvalue weighted by atomic mass is 10.1. The van der Waals surface area contributed by atoms with E-state index in [-0.39, 0.29) is 17.1 Å². The van der Waals surface area contributed by atoms with Crippen molar-refractivity contribution in [2.75, 3.05) is 11.4 Å². The lowest BCUT2D eigenvalue weighted by Crippen LogP contribution is -2.46. The van der Waals surface area contributed by atoms with Gasteiger partial charge < -0.3 is 10.1 Å². The minimum Gasteiger partial charge on any atom is -0.443 e. The monoisotopic (exact) mass is 378 g/mol. The van der Waals surface area contributed by atoms with Crippen molar-refractivity contribution < 1.29 is 19.1 Å². The number of carbonyl (C=O) groups is 3. The number of hydrogen-bond acceptors (Lipinski definition) is 5. The van der Waals surface area contributed by atoms with Crippen LogP contribution in [0.2, 0.25) is 5.02 Å². The first kappa shape index (κ1) is 19.5. The molecule has 1 saturated heterocycles. The minimum atomic E-state index is -0.927. The highest BCUT2D eigenvalue weighted by Gasteiger charge is 2.35. The summed E-state index contributed by atoms with van der Waals surface area (Å²) in [5.41, 5.74) is 0.378. The second kappa shape index (κ2) is 7.22. The molecule has 0 aliphatic carbocycles. The zero-order valence-electron chi connectivity index (χ0n) is 14.8. The van der Waals surface area contributed by atoms with Crippen LogP contribution in [-0.4, -0.2) is 36.2 Å². The summed E-state index contributed by atoms with van der Waals surface area (Å²) in [5.74, 6) is -0.541. The van der Waals surface area contributed by atoms with E-state index >= 15 is 0 Å². The Kier molecular flexibility index (Phi) is 5.42. The lowest BCUT2D eigenvalue weighted by Gasteiger charge is -2.29. The van der Waals surface area contributed by atoms with Crippen molar-refractivity contribution in [1.82, 2.24) is 10.6 Å². The summed E-state index contributed by atoms with van der Waals surface area (Å²) in [6, 6.07) is 3.45.